The number of aromatic nitrogens is 2. The van der Waals surface area contributed by atoms with Crippen molar-refractivity contribution in [3.05, 3.63) is 58.9 Å². The number of hydrogen-bond donors (Lipinski definition) is 2. The van der Waals surface area contributed by atoms with Gasteiger partial charge in [0.25, 0.3) is 0 Å². The molecule has 41 heavy (non-hydrogen) atoms. The van der Waals surface area contributed by atoms with Gasteiger partial charge in [-0.05, 0) is 72.9 Å². The van der Waals surface area contributed by atoms with Gasteiger partial charge in [0, 0.05) is 37.0 Å². The standard InChI is InChI=1S/C31H32ClF2N5O2/c1-2-24(40)35-8-9-36-29-22-13-23(32)26(20-6-3-5-17-11-18-12-21(18)25(17)20)27(34)28(22)37-30(38-29)41-16-31-7-4-10-39(31)15-19(33)14-31/h2-3,5-6,13,18-19,21H,1,4,7-12,14-16H2,(H,35,40)(H,36,37,38)/t18?,19-,21?,31?/m1/s1. The van der Waals surface area contributed by atoms with Gasteiger partial charge in [0.05, 0.1) is 10.6 Å². The highest BCUT2D eigenvalue weighted by Gasteiger charge is 2.49. The molecule has 1 amide bonds. The molecule has 7 rings (SSSR count). The first kappa shape index (κ1) is 26.6. The predicted octanol–water partition coefficient (Wildman–Crippen LogP) is 5.42. The van der Waals surface area contributed by atoms with Crippen molar-refractivity contribution in [1.82, 2.24) is 20.2 Å². The molecule has 214 valence electrons. The normalized spacial score (nSPS) is 26.0. The summed E-state index contributed by atoms with van der Waals surface area (Å²) in [4.78, 5) is 22.9. The van der Waals surface area contributed by atoms with Gasteiger partial charge in [0.1, 0.15) is 24.1 Å². The van der Waals surface area contributed by atoms with E-state index < -0.39 is 17.5 Å². The minimum Gasteiger partial charge on any atom is -0.461 e. The largest absolute Gasteiger partial charge is 0.461 e. The molecule has 2 aromatic carbocycles. The highest BCUT2D eigenvalue weighted by Crippen LogP contribution is 2.59. The lowest BCUT2D eigenvalue weighted by Gasteiger charge is -2.30. The third-order valence-corrected chi connectivity index (χ3v) is 9.53. The third-order valence-electron chi connectivity index (χ3n) is 9.24. The summed E-state index contributed by atoms with van der Waals surface area (Å²) >= 11 is 6.80. The Hall–Kier alpha value is -3.30. The molecule has 3 unspecified atom stereocenters. The van der Waals surface area contributed by atoms with E-state index in [1.54, 1.807) is 6.07 Å². The second-order valence-corrected chi connectivity index (χ2v) is 12.2. The first-order valence-electron chi connectivity index (χ1n) is 14.3. The van der Waals surface area contributed by atoms with E-state index in [9.17, 15) is 9.18 Å². The number of carbonyl (C=O) groups excluding carboxylic acids is 1. The highest BCUT2D eigenvalue weighted by atomic mass is 35.5. The maximum atomic E-state index is 16.5. The molecular weight excluding hydrogens is 548 g/mol. The molecule has 1 aromatic heterocycles. The lowest BCUT2D eigenvalue weighted by atomic mass is 9.93. The van der Waals surface area contributed by atoms with Gasteiger partial charge in [-0.3, -0.25) is 9.69 Å². The molecule has 0 bridgehead atoms. The van der Waals surface area contributed by atoms with Crippen LogP contribution in [-0.2, 0) is 11.2 Å². The summed E-state index contributed by atoms with van der Waals surface area (Å²) in [5.74, 6) is 0.631. The summed E-state index contributed by atoms with van der Waals surface area (Å²) in [5, 5.41) is 6.59. The van der Waals surface area contributed by atoms with E-state index in [2.05, 4.69) is 38.1 Å². The number of amides is 1. The van der Waals surface area contributed by atoms with Crippen LogP contribution in [-0.4, -0.2) is 65.3 Å². The molecule has 7 nitrogen and oxygen atoms in total. The van der Waals surface area contributed by atoms with Crippen LogP contribution >= 0.6 is 11.6 Å². The average molecular weight is 580 g/mol. The van der Waals surface area contributed by atoms with Crippen molar-refractivity contribution in [3.63, 3.8) is 0 Å². The number of carbonyl (C=O) groups is 1. The first-order chi connectivity index (χ1) is 19.9. The maximum Gasteiger partial charge on any atom is 0.319 e. The second-order valence-electron chi connectivity index (χ2n) is 11.8. The van der Waals surface area contributed by atoms with E-state index in [0.717, 1.165) is 37.8 Å². The summed E-state index contributed by atoms with van der Waals surface area (Å²) in [6, 6.07) is 7.74. The number of hydrogen-bond acceptors (Lipinski definition) is 6. The van der Waals surface area contributed by atoms with Crippen molar-refractivity contribution in [2.45, 2.75) is 49.7 Å². The number of rotatable bonds is 9. The summed E-state index contributed by atoms with van der Waals surface area (Å²) in [5.41, 5.74) is 3.33. The Morgan fingerprint density at radius 2 is 2.20 bits per heavy atom. The van der Waals surface area contributed by atoms with Crippen molar-refractivity contribution >= 4 is 34.2 Å². The van der Waals surface area contributed by atoms with Crippen molar-refractivity contribution in [1.29, 1.82) is 0 Å². The van der Waals surface area contributed by atoms with Crippen LogP contribution in [0.15, 0.2) is 36.9 Å². The van der Waals surface area contributed by atoms with E-state index in [1.807, 2.05) is 12.1 Å². The number of alkyl halides is 1. The van der Waals surface area contributed by atoms with Crippen LogP contribution in [0.2, 0.25) is 5.02 Å². The van der Waals surface area contributed by atoms with E-state index in [1.165, 1.54) is 17.2 Å². The fourth-order valence-corrected chi connectivity index (χ4v) is 7.56. The molecule has 4 aliphatic rings. The Morgan fingerprint density at radius 3 is 3.05 bits per heavy atom. The van der Waals surface area contributed by atoms with Crippen LogP contribution in [0.4, 0.5) is 14.6 Å². The minimum atomic E-state index is -0.889. The van der Waals surface area contributed by atoms with E-state index in [4.69, 9.17) is 16.3 Å². The van der Waals surface area contributed by atoms with E-state index >= 15 is 4.39 Å². The van der Waals surface area contributed by atoms with Gasteiger partial charge in [-0.1, -0.05) is 36.4 Å². The molecular formula is C31H32ClF2N5O2. The summed E-state index contributed by atoms with van der Waals surface area (Å²) in [7, 11) is 0. The Bertz CT molecular complexity index is 1570. The molecule has 3 aromatic rings. The van der Waals surface area contributed by atoms with Crippen molar-refractivity contribution < 1.29 is 18.3 Å². The first-order valence-corrected chi connectivity index (χ1v) is 14.7. The van der Waals surface area contributed by atoms with Gasteiger partial charge in [0.15, 0.2) is 5.82 Å². The molecule has 3 fully saturated rings. The maximum absolute atomic E-state index is 16.5. The number of nitrogens with one attached hydrogen (secondary N) is 2. The fourth-order valence-electron chi connectivity index (χ4n) is 7.26. The summed E-state index contributed by atoms with van der Waals surface area (Å²) in [6.07, 6.45) is 4.69. The smallest absolute Gasteiger partial charge is 0.319 e. The number of ether oxygens (including phenoxy) is 1. The Balaban J connectivity index is 1.27. The Kier molecular flexibility index (Phi) is 6.62. The molecule has 4 atom stereocenters. The Labute approximate surface area is 242 Å². The number of fused-ring (bicyclic) bond motifs is 5. The second kappa shape index (κ2) is 10.2. The molecule has 3 heterocycles. The SMILES string of the molecule is C=CC(=O)NCCNc1nc(OCC23CCCN2C[C@H](F)C3)nc2c(F)c(-c3cccc4c3C3CC3C4)c(Cl)cc12. The van der Waals surface area contributed by atoms with Crippen LogP contribution in [0.1, 0.15) is 42.7 Å². The van der Waals surface area contributed by atoms with Crippen molar-refractivity contribution in [2.75, 3.05) is 38.1 Å². The van der Waals surface area contributed by atoms with Gasteiger partial charge in [-0.15, -0.1) is 0 Å². The van der Waals surface area contributed by atoms with E-state index in [-0.39, 0.29) is 29.1 Å². The lowest BCUT2D eigenvalue weighted by Crippen LogP contribution is -2.43. The number of halogens is 3. The average Bonchev–Trinajstić information content (AvgIpc) is 3.28. The van der Waals surface area contributed by atoms with Gasteiger partial charge >= 0.3 is 6.01 Å². The molecule has 2 saturated heterocycles. The zero-order chi connectivity index (χ0) is 28.3. The molecule has 1 saturated carbocycles. The molecule has 2 N–H and O–H groups in total. The van der Waals surface area contributed by atoms with Gasteiger partial charge < -0.3 is 15.4 Å². The molecule has 0 radical (unpaired) electrons. The lowest BCUT2D eigenvalue weighted by molar-refractivity contribution is -0.116. The molecule has 10 heteroatoms. The van der Waals surface area contributed by atoms with Crippen molar-refractivity contribution in [3.8, 4) is 17.1 Å². The summed E-state index contributed by atoms with van der Waals surface area (Å²) in [6.45, 7) is 5.56. The van der Waals surface area contributed by atoms with Crippen LogP contribution < -0.4 is 15.4 Å². The number of benzene rings is 2. The quantitative estimate of drug-likeness (QED) is 0.260. The highest BCUT2D eigenvalue weighted by molar-refractivity contribution is 6.34. The van der Waals surface area contributed by atoms with Gasteiger partial charge in [0.2, 0.25) is 5.91 Å². The third kappa shape index (κ3) is 4.63. The summed E-state index contributed by atoms with van der Waals surface area (Å²) < 4.78 is 37.0. The minimum absolute atomic E-state index is 0.0198. The number of anilines is 1. The van der Waals surface area contributed by atoms with Crippen LogP contribution in [0.5, 0.6) is 6.01 Å². The zero-order valence-electron chi connectivity index (χ0n) is 22.7. The topological polar surface area (TPSA) is 79.4 Å². The molecule has 2 aliphatic carbocycles. The molecule has 2 aliphatic heterocycles. The van der Waals surface area contributed by atoms with Crippen LogP contribution in [0, 0.1) is 11.7 Å². The monoisotopic (exact) mass is 579 g/mol. The van der Waals surface area contributed by atoms with Crippen LogP contribution in [0.3, 0.4) is 0 Å². The molecule has 0 spiro atoms. The fraction of sp³-hybridized carbons (Fsp3) is 0.452. The van der Waals surface area contributed by atoms with E-state index in [0.29, 0.717) is 54.7 Å². The van der Waals surface area contributed by atoms with Crippen molar-refractivity contribution in [2.24, 2.45) is 5.92 Å². The van der Waals surface area contributed by atoms with Crippen LogP contribution in [0.25, 0.3) is 22.0 Å². The van der Waals surface area contributed by atoms with Gasteiger partial charge in [-0.2, -0.15) is 9.97 Å². The number of nitrogens with zero attached hydrogens (tertiary/aromatic N) is 3. The predicted molar refractivity (Wildman–Crippen MR) is 155 cm³/mol. The van der Waals surface area contributed by atoms with Gasteiger partial charge in [-0.25, -0.2) is 8.78 Å². The Morgan fingerprint density at radius 1 is 1.32 bits per heavy atom. The zero-order valence-corrected chi connectivity index (χ0v) is 23.4.